The van der Waals surface area contributed by atoms with Crippen molar-refractivity contribution in [1.82, 2.24) is 5.32 Å². The lowest BCUT2D eigenvalue weighted by Crippen LogP contribution is -2.45. The molecule has 118 valence electrons. The van der Waals surface area contributed by atoms with Gasteiger partial charge in [0.05, 0.1) is 24.2 Å². The maximum absolute atomic E-state index is 12.0. The van der Waals surface area contributed by atoms with Gasteiger partial charge < -0.3 is 20.1 Å². The third-order valence-electron chi connectivity index (χ3n) is 3.04. The quantitative estimate of drug-likeness (QED) is 0.466. The van der Waals surface area contributed by atoms with Crippen LogP contribution in [0.25, 0.3) is 0 Å². The molecule has 1 saturated heterocycles. The molecule has 0 radical (unpaired) electrons. The maximum atomic E-state index is 12.0. The summed E-state index contributed by atoms with van der Waals surface area (Å²) in [7, 11) is 1.17. The Balaban J connectivity index is 2.21. The van der Waals surface area contributed by atoms with E-state index >= 15 is 0 Å². The number of nitro benzene ring substituents is 1. The molecule has 2 N–H and O–H groups in total. The number of morpholine rings is 1. The Hall–Kier alpha value is -2.52. The zero-order valence-corrected chi connectivity index (χ0v) is 11.8. The first kappa shape index (κ1) is 15.9. The maximum Gasteiger partial charge on any atom is 0.338 e. The lowest BCUT2D eigenvalue weighted by atomic mass is 10.1. The first-order chi connectivity index (χ1) is 10.5. The van der Waals surface area contributed by atoms with Crippen molar-refractivity contribution in [3.8, 4) is 0 Å². The van der Waals surface area contributed by atoms with E-state index in [1.165, 1.54) is 19.2 Å². The molecule has 1 unspecified atom stereocenters. The molecule has 1 fully saturated rings. The van der Waals surface area contributed by atoms with Gasteiger partial charge in [-0.1, -0.05) is 0 Å². The summed E-state index contributed by atoms with van der Waals surface area (Å²) in [6.07, 6.45) is -0.686. The van der Waals surface area contributed by atoms with Gasteiger partial charge in [0.25, 0.3) is 11.6 Å². The van der Waals surface area contributed by atoms with Crippen LogP contribution in [0.3, 0.4) is 0 Å². The number of hydrogen-bond donors (Lipinski definition) is 2. The van der Waals surface area contributed by atoms with E-state index in [0.717, 1.165) is 6.07 Å². The number of nitrogens with zero attached hydrogens (tertiary/aromatic N) is 1. The van der Waals surface area contributed by atoms with Gasteiger partial charge in [-0.15, -0.1) is 0 Å². The number of nitrogens with one attached hydrogen (secondary N) is 2. The van der Waals surface area contributed by atoms with E-state index in [1.54, 1.807) is 0 Å². The average Bonchev–Trinajstić information content (AvgIpc) is 2.54. The van der Waals surface area contributed by atoms with Crippen LogP contribution in [-0.2, 0) is 14.3 Å². The van der Waals surface area contributed by atoms with E-state index in [0.29, 0.717) is 19.7 Å². The summed E-state index contributed by atoms with van der Waals surface area (Å²) in [5.74, 6) is -1.17. The minimum Gasteiger partial charge on any atom is -0.465 e. The highest BCUT2D eigenvalue weighted by molar-refractivity contribution is 5.97. The van der Waals surface area contributed by atoms with Gasteiger partial charge in [0.15, 0.2) is 0 Å². The second-order valence-corrected chi connectivity index (χ2v) is 4.57. The van der Waals surface area contributed by atoms with E-state index in [9.17, 15) is 19.7 Å². The molecule has 0 aliphatic carbocycles. The third-order valence-corrected chi connectivity index (χ3v) is 3.04. The van der Waals surface area contributed by atoms with Gasteiger partial charge in [-0.05, 0) is 6.07 Å². The fraction of sp³-hybridized carbons (Fsp3) is 0.385. The smallest absolute Gasteiger partial charge is 0.338 e. The van der Waals surface area contributed by atoms with Gasteiger partial charge in [0, 0.05) is 30.9 Å². The number of rotatable bonds is 4. The van der Waals surface area contributed by atoms with Crippen LogP contribution in [0.15, 0.2) is 18.2 Å². The topological polar surface area (TPSA) is 120 Å². The van der Waals surface area contributed by atoms with E-state index in [1.807, 2.05) is 0 Å². The van der Waals surface area contributed by atoms with E-state index in [2.05, 4.69) is 15.4 Å². The molecule has 9 heteroatoms. The van der Waals surface area contributed by atoms with E-state index in [-0.39, 0.29) is 16.9 Å². The van der Waals surface area contributed by atoms with Crippen LogP contribution in [0.1, 0.15) is 10.4 Å². The van der Waals surface area contributed by atoms with Crippen LogP contribution in [0, 0.1) is 10.1 Å². The molecule has 1 heterocycles. The Bertz CT molecular complexity index is 597. The second-order valence-electron chi connectivity index (χ2n) is 4.57. The molecule has 1 aromatic rings. The summed E-state index contributed by atoms with van der Waals surface area (Å²) in [5.41, 5.74) is -0.204. The highest BCUT2D eigenvalue weighted by Crippen LogP contribution is 2.22. The lowest BCUT2D eigenvalue weighted by molar-refractivity contribution is -0.384. The number of non-ortho nitro benzene ring substituents is 1. The summed E-state index contributed by atoms with van der Waals surface area (Å²) < 4.78 is 9.83. The summed E-state index contributed by atoms with van der Waals surface area (Å²) >= 11 is 0. The van der Waals surface area contributed by atoms with Crippen LogP contribution in [0.2, 0.25) is 0 Å². The van der Waals surface area contributed by atoms with Gasteiger partial charge in [-0.3, -0.25) is 14.9 Å². The van der Waals surface area contributed by atoms with Crippen molar-refractivity contribution in [3.05, 3.63) is 33.9 Å². The average molecular weight is 309 g/mol. The molecule has 1 amide bonds. The Labute approximate surface area is 125 Å². The first-order valence-corrected chi connectivity index (χ1v) is 6.52. The number of benzene rings is 1. The molecule has 0 bridgehead atoms. The van der Waals surface area contributed by atoms with Crippen LogP contribution in [-0.4, -0.2) is 49.7 Å². The number of carbonyl (C=O) groups is 2. The molecular weight excluding hydrogens is 294 g/mol. The number of methoxy groups -OCH3 is 1. The third kappa shape index (κ3) is 3.77. The van der Waals surface area contributed by atoms with Gasteiger partial charge >= 0.3 is 5.97 Å². The number of anilines is 1. The van der Waals surface area contributed by atoms with Gasteiger partial charge in [-0.2, -0.15) is 0 Å². The molecule has 1 aliphatic rings. The second kappa shape index (κ2) is 6.96. The summed E-state index contributed by atoms with van der Waals surface area (Å²) in [6, 6.07) is 3.56. The van der Waals surface area contributed by atoms with Crippen molar-refractivity contribution >= 4 is 23.3 Å². The predicted octanol–water partition coefficient (Wildman–Crippen LogP) is 0.308. The summed E-state index contributed by atoms with van der Waals surface area (Å²) in [6.45, 7) is 1.41. The molecule has 0 spiro atoms. The van der Waals surface area contributed by atoms with Crippen LogP contribution >= 0.6 is 0 Å². The highest BCUT2D eigenvalue weighted by Gasteiger charge is 2.23. The minimum atomic E-state index is -0.727. The van der Waals surface area contributed by atoms with Crippen LogP contribution in [0.5, 0.6) is 0 Å². The Morgan fingerprint density at radius 1 is 1.45 bits per heavy atom. The standard InChI is InChI=1S/C13H15N3O6/c1-21-13(18)8-4-9(6-10(5-8)16(19)20)15-12(17)11-7-14-2-3-22-11/h4-6,11,14H,2-3,7H2,1H3,(H,15,17). The fourth-order valence-corrected chi connectivity index (χ4v) is 1.98. The van der Waals surface area contributed by atoms with Gasteiger partial charge in [-0.25, -0.2) is 4.79 Å². The van der Waals surface area contributed by atoms with Crippen molar-refractivity contribution in [2.45, 2.75) is 6.10 Å². The Morgan fingerprint density at radius 2 is 2.23 bits per heavy atom. The van der Waals surface area contributed by atoms with Crippen LogP contribution < -0.4 is 10.6 Å². The van der Waals surface area contributed by atoms with E-state index < -0.39 is 22.9 Å². The van der Waals surface area contributed by atoms with Crippen LogP contribution in [0.4, 0.5) is 11.4 Å². The highest BCUT2D eigenvalue weighted by atomic mass is 16.6. The van der Waals surface area contributed by atoms with E-state index in [4.69, 9.17) is 4.74 Å². The predicted molar refractivity (Wildman–Crippen MR) is 75.7 cm³/mol. The molecular formula is C13H15N3O6. The zero-order chi connectivity index (χ0) is 16.1. The van der Waals surface area contributed by atoms with Crippen molar-refractivity contribution < 1.29 is 24.0 Å². The van der Waals surface area contributed by atoms with Crippen molar-refractivity contribution in [2.24, 2.45) is 0 Å². The van der Waals surface area contributed by atoms with Crippen molar-refractivity contribution in [1.29, 1.82) is 0 Å². The largest absolute Gasteiger partial charge is 0.465 e. The fourth-order valence-electron chi connectivity index (χ4n) is 1.98. The number of amides is 1. The molecule has 2 rings (SSSR count). The minimum absolute atomic E-state index is 0.0188. The Kier molecular flexibility index (Phi) is 5.02. The number of hydrogen-bond acceptors (Lipinski definition) is 7. The molecule has 22 heavy (non-hydrogen) atoms. The molecule has 1 atom stereocenters. The number of esters is 1. The molecule has 0 aromatic heterocycles. The number of ether oxygens (including phenoxy) is 2. The summed E-state index contributed by atoms with van der Waals surface area (Å²) in [4.78, 5) is 33.8. The van der Waals surface area contributed by atoms with Gasteiger partial charge in [0.2, 0.25) is 0 Å². The molecule has 0 saturated carbocycles. The Morgan fingerprint density at radius 3 is 2.82 bits per heavy atom. The van der Waals surface area contributed by atoms with Gasteiger partial charge in [0.1, 0.15) is 6.10 Å². The molecule has 9 nitrogen and oxygen atoms in total. The number of carbonyl (C=O) groups excluding carboxylic acids is 2. The zero-order valence-electron chi connectivity index (χ0n) is 11.8. The lowest BCUT2D eigenvalue weighted by Gasteiger charge is -2.22. The first-order valence-electron chi connectivity index (χ1n) is 6.52. The summed E-state index contributed by atoms with van der Waals surface area (Å²) in [5, 5.41) is 16.4. The SMILES string of the molecule is COC(=O)c1cc(NC(=O)C2CNCCO2)cc([N+](=O)[O-])c1. The molecule has 1 aromatic carbocycles. The molecule has 1 aliphatic heterocycles. The van der Waals surface area contributed by atoms with Crippen molar-refractivity contribution in [2.75, 3.05) is 32.1 Å². The normalized spacial score (nSPS) is 17.6. The number of nitro groups is 1. The monoisotopic (exact) mass is 309 g/mol. The van der Waals surface area contributed by atoms with Crippen molar-refractivity contribution in [3.63, 3.8) is 0 Å².